The lowest BCUT2D eigenvalue weighted by Crippen LogP contribution is -2.42. The van der Waals surface area contributed by atoms with Gasteiger partial charge >= 0.3 is 0 Å². The molecule has 1 heterocycles. The van der Waals surface area contributed by atoms with Crippen molar-refractivity contribution in [2.45, 2.75) is 20.3 Å². The van der Waals surface area contributed by atoms with Gasteiger partial charge in [-0.1, -0.05) is 6.92 Å². The smallest absolute Gasteiger partial charge is 0.146 e. The Morgan fingerprint density at radius 1 is 1.45 bits per heavy atom. The number of hydrogen-bond acceptors (Lipinski definition) is 3. The maximum absolute atomic E-state index is 7.58. The summed E-state index contributed by atoms with van der Waals surface area (Å²) in [6.45, 7) is 5.55. The predicted octanol–water partition coefficient (Wildman–Crippen LogP) is 1.43. The first-order chi connectivity index (χ1) is 5.21. The van der Waals surface area contributed by atoms with Crippen molar-refractivity contribution in [1.82, 2.24) is 0 Å². The van der Waals surface area contributed by atoms with E-state index in [4.69, 9.17) is 14.9 Å². The SMILES string of the molecule is CCC1(C(C)=N)COCOC1. The highest BCUT2D eigenvalue weighted by atomic mass is 16.7. The van der Waals surface area contributed by atoms with Crippen molar-refractivity contribution in [2.75, 3.05) is 20.0 Å². The van der Waals surface area contributed by atoms with E-state index in [1.54, 1.807) is 0 Å². The molecule has 0 radical (unpaired) electrons. The van der Waals surface area contributed by atoms with Gasteiger partial charge < -0.3 is 14.9 Å². The number of ether oxygens (including phenoxy) is 2. The second-order valence-electron chi connectivity index (χ2n) is 3.07. The Morgan fingerprint density at radius 3 is 2.27 bits per heavy atom. The molecule has 3 heteroatoms. The minimum atomic E-state index is -0.141. The lowest BCUT2D eigenvalue weighted by atomic mass is 9.82. The zero-order chi connectivity index (χ0) is 8.32. The van der Waals surface area contributed by atoms with Crippen LogP contribution in [0.4, 0.5) is 0 Å². The van der Waals surface area contributed by atoms with E-state index in [0.717, 1.165) is 6.42 Å². The van der Waals surface area contributed by atoms with Gasteiger partial charge in [-0.3, -0.25) is 0 Å². The maximum Gasteiger partial charge on any atom is 0.146 e. The van der Waals surface area contributed by atoms with E-state index < -0.39 is 0 Å². The predicted molar refractivity (Wildman–Crippen MR) is 42.9 cm³/mol. The fraction of sp³-hybridized carbons (Fsp3) is 0.875. The van der Waals surface area contributed by atoms with Crippen LogP contribution in [0.3, 0.4) is 0 Å². The van der Waals surface area contributed by atoms with Crippen molar-refractivity contribution in [3.05, 3.63) is 0 Å². The third-order valence-corrected chi connectivity index (χ3v) is 2.40. The molecular weight excluding hydrogens is 142 g/mol. The van der Waals surface area contributed by atoms with Gasteiger partial charge in [0.1, 0.15) is 6.79 Å². The van der Waals surface area contributed by atoms with Crippen LogP contribution in [0, 0.1) is 10.8 Å². The van der Waals surface area contributed by atoms with Crippen LogP contribution in [0.5, 0.6) is 0 Å². The largest absolute Gasteiger partial charge is 0.354 e. The molecule has 1 aliphatic heterocycles. The molecule has 0 spiro atoms. The third kappa shape index (κ3) is 1.60. The van der Waals surface area contributed by atoms with Crippen LogP contribution in [-0.4, -0.2) is 25.7 Å². The van der Waals surface area contributed by atoms with Crippen LogP contribution in [0.15, 0.2) is 0 Å². The lowest BCUT2D eigenvalue weighted by Gasteiger charge is -2.35. The molecule has 0 aliphatic carbocycles. The van der Waals surface area contributed by atoms with E-state index >= 15 is 0 Å². The fourth-order valence-electron chi connectivity index (χ4n) is 1.26. The molecule has 1 rings (SSSR count). The second-order valence-corrected chi connectivity index (χ2v) is 3.07. The van der Waals surface area contributed by atoms with Gasteiger partial charge in [0.05, 0.1) is 18.6 Å². The Morgan fingerprint density at radius 2 is 2.00 bits per heavy atom. The van der Waals surface area contributed by atoms with E-state index in [0.29, 0.717) is 25.7 Å². The van der Waals surface area contributed by atoms with Crippen molar-refractivity contribution in [3.63, 3.8) is 0 Å². The van der Waals surface area contributed by atoms with Gasteiger partial charge in [-0.15, -0.1) is 0 Å². The first-order valence-electron chi connectivity index (χ1n) is 3.92. The summed E-state index contributed by atoms with van der Waals surface area (Å²) in [5.41, 5.74) is 0.526. The van der Waals surface area contributed by atoms with E-state index in [-0.39, 0.29) is 5.41 Å². The van der Waals surface area contributed by atoms with Crippen LogP contribution < -0.4 is 0 Å². The van der Waals surface area contributed by atoms with Crippen molar-refractivity contribution < 1.29 is 9.47 Å². The van der Waals surface area contributed by atoms with Crippen molar-refractivity contribution in [2.24, 2.45) is 5.41 Å². The molecule has 0 aromatic rings. The summed E-state index contributed by atoms with van der Waals surface area (Å²) in [7, 11) is 0. The van der Waals surface area contributed by atoms with Gasteiger partial charge in [-0.05, 0) is 13.3 Å². The molecule has 0 aromatic carbocycles. The molecule has 11 heavy (non-hydrogen) atoms. The Balaban J connectivity index is 2.64. The summed E-state index contributed by atoms with van der Waals surface area (Å²) >= 11 is 0. The maximum atomic E-state index is 7.58. The molecule has 3 nitrogen and oxygen atoms in total. The topological polar surface area (TPSA) is 42.3 Å². The summed E-state index contributed by atoms with van der Waals surface area (Å²) in [5.74, 6) is 0. The Labute approximate surface area is 67.2 Å². The normalized spacial score (nSPS) is 23.1. The van der Waals surface area contributed by atoms with E-state index in [1.807, 2.05) is 6.92 Å². The molecule has 0 saturated carbocycles. The first-order valence-corrected chi connectivity index (χ1v) is 3.92. The lowest BCUT2D eigenvalue weighted by molar-refractivity contribution is -0.144. The quantitative estimate of drug-likeness (QED) is 0.616. The standard InChI is InChI=1S/C8H15NO2/c1-3-8(7(2)9)4-10-6-11-5-8/h9H,3-6H2,1-2H3. The summed E-state index contributed by atoms with van der Waals surface area (Å²) in [6.07, 6.45) is 0.919. The second kappa shape index (κ2) is 3.32. The van der Waals surface area contributed by atoms with Gasteiger partial charge in [0.15, 0.2) is 0 Å². The summed E-state index contributed by atoms with van der Waals surface area (Å²) in [4.78, 5) is 0. The molecule has 1 saturated heterocycles. The molecule has 0 amide bonds. The van der Waals surface area contributed by atoms with Crippen molar-refractivity contribution in [1.29, 1.82) is 5.41 Å². The van der Waals surface area contributed by atoms with Crippen LogP contribution in [0.1, 0.15) is 20.3 Å². The molecule has 0 aromatic heterocycles. The van der Waals surface area contributed by atoms with E-state index in [2.05, 4.69) is 6.92 Å². The molecule has 0 bridgehead atoms. The van der Waals surface area contributed by atoms with Crippen LogP contribution in [0.2, 0.25) is 0 Å². The molecule has 0 unspecified atom stereocenters. The average Bonchev–Trinajstić information content (AvgIpc) is 2.05. The molecule has 1 N–H and O–H groups in total. The zero-order valence-corrected chi connectivity index (χ0v) is 7.14. The van der Waals surface area contributed by atoms with Gasteiger partial charge in [0.25, 0.3) is 0 Å². The highest BCUT2D eigenvalue weighted by Crippen LogP contribution is 2.27. The highest BCUT2D eigenvalue weighted by molar-refractivity contribution is 5.85. The first kappa shape index (κ1) is 8.68. The van der Waals surface area contributed by atoms with Crippen LogP contribution >= 0.6 is 0 Å². The zero-order valence-electron chi connectivity index (χ0n) is 7.14. The monoisotopic (exact) mass is 157 g/mol. The third-order valence-electron chi connectivity index (χ3n) is 2.40. The van der Waals surface area contributed by atoms with Gasteiger partial charge in [0, 0.05) is 5.71 Å². The molecular formula is C8H15NO2. The van der Waals surface area contributed by atoms with Gasteiger partial charge in [-0.2, -0.15) is 0 Å². The number of rotatable bonds is 2. The number of nitrogens with one attached hydrogen (secondary N) is 1. The minimum Gasteiger partial charge on any atom is -0.354 e. The minimum absolute atomic E-state index is 0.141. The fourth-order valence-corrected chi connectivity index (χ4v) is 1.26. The Kier molecular flexibility index (Phi) is 2.62. The van der Waals surface area contributed by atoms with Gasteiger partial charge in [0.2, 0.25) is 0 Å². The van der Waals surface area contributed by atoms with E-state index in [9.17, 15) is 0 Å². The summed E-state index contributed by atoms with van der Waals surface area (Å²) < 4.78 is 10.3. The summed E-state index contributed by atoms with van der Waals surface area (Å²) in [6, 6.07) is 0. The van der Waals surface area contributed by atoms with Crippen LogP contribution in [-0.2, 0) is 9.47 Å². The van der Waals surface area contributed by atoms with Crippen LogP contribution in [0.25, 0.3) is 0 Å². The van der Waals surface area contributed by atoms with Gasteiger partial charge in [-0.25, -0.2) is 0 Å². The Hall–Kier alpha value is -0.410. The van der Waals surface area contributed by atoms with E-state index in [1.165, 1.54) is 0 Å². The Bertz CT molecular complexity index is 150. The molecule has 64 valence electrons. The summed E-state index contributed by atoms with van der Waals surface area (Å²) in [5, 5.41) is 7.58. The number of hydrogen-bond donors (Lipinski definition) is 1. The molecule has 1 aliphatic rings. The van der Waals surface area contributed by atoms with Crippen molar-refractivity contribution >= 4 is 5.71 Å². The van der Waals surface area contributed by atoms with Crippen molar-refractivity contribution in [3.8, 4) is 0 Å². The highest BCUT2D eigenvalue weighted by Gasteiger charge is 2.34. The molecule has 0 atom stereocenters. The molecule has 1 fully saturated rings. The average molecular weight is 157 g/mol.